The van der Waals surface area contributed by atoms with Gasteiger partial charge >= 0.3 is 7.12 Å². The fourth-order valence-corrected chi connectivity index (χ4v) is 3.21. The van der Waals surface area contributed by atoms with Crippen LogP contribution in [0.25, 0.3) is 11.0 Å². The second-order valence-corrected chi connectivity index (χ2v) is 8.70. The molecule has 0 bridgehead atoms. The van der Waals surface area contributed by atoms with E-state index >= 15 is 0 Å². The lowest BCUT2D eigenvalue weighted by Crippen LogP contribution is -2.41. The van der Waals surface area contributed by atoms with Crippen molar-refractivity contribution in [2.75, 3.05) is 5.32 Å². The van der Waals surface area contributed by atoms with Crippen LogP contribution in [-0.4, -0.2) is 33.3 Å². The van der Waals surface area contributed by atoms with Crippen LogP contribution in [0.4, 0.5) is 11.8 Å². The number of pyridine rings is 1. The first-order valence-electron chi connectivity index (χ1n) is 9.73. The van der Waals surface area contributed by atoms with Crippen molar-refractivity contribution in [3.05, 3.63) is 42.1 Å². The number of nitrogens with zero attached hydrogens (tertiary/aromatic N) is 2. The summed E-state index contributed by atoms with van der Waals surface area (Å²) < 4.78 is 12.3. The van der Waals surface area contributed by atoms with Gasteiger partial charge in [-0.15, -0.1) is 0 Å². The van der Waals surface area contributed by atoms with Crippen LogP contribution in [0.2, 0.25) is 0 Å². The van der Waals surface area contributed by atoms with Crippen molar-refractivity contribution in [1.29, 1.82) is 0 Å². The first-order valence-corrected chi connectivity index (χ1v) is 9.73. The summed E-state index contributed by atoms with van der Waals surface area (Å²) >= 11 is 0. The SMILES string of the molecule is CC(C)c1ccnc(Nc2nc3ccc(B4OC(C)(C)C(C)(C)O4)cc3[nH]2)c1. The van der Waals surface area contributed by atoms with Gasteiger partial charge in [0, 0.05) is 6.20 Å². The van der Waals surface area contributed by atoms with Gasteiger partial charge in [-0.1, -0.05) is 19.9 Å². The Morgan fingerprint density at radius 3 is 2.43 bits per heavy atom. The number of aromatic amines is 1. The Morgan fingerprint density at radius 2 is 1.75 bits per heavy atom. The molecule has 4 rings (SSSR count). The molecule has 28 heavy (non-hydrogen) atoms. The molecule has 146 valence electrons. The number of rotatable bonds is 4. The largest absolute Gasteiger partial charge is 0.494 e. The Morgan fingerprint density at radius 1 is 1.04 bits per heavy atom. The highest BCUT2D eigenvalue weighted by Crippen LogP contribution is 2.36. The Hall–Kier alpha value is -2.38. The summed E-state index contributed by atoms with van der Waals surface area (Å²) in [6, 6.07) is 10.1. The van der Waals surface area contributed by atoms with Gasteiger partial charge in [-0.3, -0.25) is 0 Å². The summed E-state index contributed by atoms with van der Waals surface area (Å²) in [4.78, 5) is 12.3. The third-order valence-electron chi connectivity index (χ3n) is 5.73. The van der Waals surface area contributed by atoms with E-state index in [9.17, 15) is 0 Å². The number of benzene rings is 1. The van der Waals surface area contributed by atoms with E-state index in [0.29, 0.717) is 11.9 Å². The summed E-state index contributed by atoms with van der Waals surface area (Å²) in [5, 5.41) is 3.26. The highest BCUT2D eigenvalue weighted by molar-refractivity contribution is 6.62. The zero-order valence-corrected chi connectivity index (χ0v) is 17.3. The second-order valence-electron chi connectivity index (χ2n) is 8.70. The molecule has 0 radical (unpaired) electrons. The van der Waals surface area contributed by atoms with Crippen LogP contribution < -0.4 is 10.8 Å². The lowest BCUT2D eigenvalue weighted by Gasteiger charge is -2.32. The van der Waals surface area contributed by atoms with Gasteiger partial charge in [0.05, 0.1) is 22.2 Å². The van der Waals surface area contributed by atoms with Crippen LogP contribution in [0.5, 0.6) is 0 Å². The molecule has 3 heterocycles. The van der Waals surface area contributed by atoms with Gasteiger partial charge in [-0.05, 0) is 68.9 Å². The number of hydrogen-bond donors (Lipinski definition) is 2. The monoisotopic (exact) mass is 378 g/mol. The van der Waals surface area contributed by atoms with Crippen molar-refractivity contribution in [2.24, 2.45) is 0 Å². The normalized spacial score (nSPS) is 18.2. The summed E-state index contributed by atoms with van der Waals surface area (Å²) in [6.07, 6.45) is 1.82. The molecule has 0 aliphatic carbocycles. The molecule has 2 aromatic heterocycles. The fraction of sp³-hybridized carbons (Fsp3) is 0.429. The number of imidazole rings is 1. The average Bonchev–Trinajstić information content (AvgIpc) is 3.11. The molecule has 0 unspecified atom stereocenters. The Bertz CT molecular complexity index is 997. The van der Waals surface area contributed by atoms with Crippen molar-refractivity contribution in [3.63, 3.8) is 0 Å². The predicted molar refractivity (Wildman–Crippen MR) is 113 cm³/mol. The van der Waals surface area contributed by atoms with Crippen molar-refractivity contribution >= 4 is 35.4 Å². The molecule has 1 aromatic carbocycles. The van der Waals surface area contributed by atoms with Gasteiger partial charge in [-0.25, -0.2) is 9.97 Å². The molecule has 0 spiro atoms. The maximum atomic E-state index is 6.15. The van der Waals surface area contributed by atoms with Crippen LogP contribution in [0.3, 0.4) is 0 Å². The number of anilines is 2. The molecule has 7 heteroatoms. The van der Waals surface area contributed by atoms with Gasteiger partial charge in [-0.2, -0.15) is 0 Å². The molecule has 1 aliphatic rings. The van der Waals surface area contributed by atoms with Gasteiger partial charge in [0.1, 0.15) is 5.82 Å². The van der Waals surface area contributed by atoms with Crippen LogP contribution in [0, 0.1) is 0 Å². The first-order chi connectivity index (χ1) is 13.1. The third kappa shape index (κ3) is 3.40. The maximum Gasteiger partial charge on any atom is 0.494 e. The van der Waals surface area contributed by atoms with E-state index in [1.807, 2.05) is 36.5 Å². The quantitative estimate of drug-likeness (QED) is 0.668. The molecule has 1 fully saturated rings. The van der Waals surface area contributed by atoms with Crippen LogP contribution in [0.15, 0.2) is 36.5 Å². The lowest BCUT2D eigenvalue weighted by atomic mass is 9.79. The minimum absolute atomic E-state index is 0.361. The lowest BCUT2D eigenvalue weighted by molar-refractivity contribution is 0.00578. The molecule has 6 nitrogen and oxygen atoms in total. The first kappa shape index (κ1) is 19.0. The maximum absolute atomic E-state index is 6.15. The molecule has 1 saturated heterocycles. The van der Waals surface area contributed by atoms with Gasteiger partial charge in [0.25, 0.3) is 0 Å². The number of nitrogens with one attached hydrogen (secondary N) is 2. The fourth-order valence-electron chi connectivity index (χ4n) is 3.21. The Kier molecular flexibility index (Phi) is 4.47. The Labute approximate surface area is 166 Å². The van der Waals surface area contributed by atoms with Gasteiger partial charge < -0.3 is 19.6 Å². The van der Waals surface area contributed by atoms with E-state index in [1.54, 1.807) is 0 Å². The molecule has 0 saturated carbocycles. The van der Waals surface area contributed by atoms with E-state index in [1.165, 1.54) is 5.56 Å². The number of aromatic nitrogens is 3. The van der Waals surface area contributed by atoms with Crippen LogP contribution in [0.1, 0.15) is 53.0 Å². The van der Waals surface area contributed by atoms with Gasteiger partial charge in [0.2, 0.25) is 5.95 Å². The van der Waals surface area contributed by atoms with Crippen molar-refractivity contribution in [1.82, 2.24) is 15.0 Å². The molecular formula is C21H27BN4O2. The zero-order chi connectivity index (χ0) is 20.1. The highest BCUT2D eigenvalue weighted by atomic mass is 16.7. The van der Waals surface area contributed by atoms with Crippen molar-refractivity contribution < 1.29 is 9.31 Å². The molecular weight excluding hydrogens is 351 g/mol. The van der Waals surface area contributed by atoms with Crippen LogP contribution in [-0.2, 0) is 9.31 Å². The highest BCUT2D eigenvalue weighted by Gasteiger charge is 2.51. The molecule has 1 aliphatic heterocycles. The van der Waals surface area contributed by atoms with Gasteiger partial charge in [0.15, 0.2) is 0 Å². The minimum atomic E-state index is -0.390. The van der Waals surface area contributed by atoms with E-state index in [-0.39, 0.29) is 11.2 Å². The van der Waals surface area contributed by atoms with Crippen molar-refractivity contribution in [3.8, 4) is 0 Å². The molecule has 0 atom stereocenters. The van der Waals surface area contributed by atoms with Crippen molar-refractivity contribution in [2.45, 2.75) is 58.7 Å². The number of H-pyrrole nitrogens is 1. The summed E-state index contributed by atoms with van der Waals surface area (Å²) in [6.45, 7) is 12.6. The zero-order valence-electron chi connectivity index (χ0n) is 17.3. The molecule has 2 N–H and O–H groups in total. The molecule has 3 aromatic rings. The second kappa shape index (κ2) is 6.60. The number of fused-ring (bicyclic) bond motifs is 1. The third-order valence-corrected chi connectivity index (χ3v) is 5.73. The van der Waals surface area contributed by atoms with E-state index in [0.717, 1.165) is 22.3 Å². The summed E-state index contributed by atoms with van der Waals surface area (Å²) in [5.74, 6) is 1.88. The smallest absolute Gasteiger partial charge is 0.399 e. The van der Waals surface area contributed by atoms with E-state index < -0.39 is 7.12 Å². The van der Waals surface area contributed by atoms with E-state index in [2.05, 4.69) is 61.8 Å². The van der Waals surface area contributed by atoms with Crippen LogP contribution >= 0.6 is 0 Å². The standard InChI is InChI=1S/C21H27BN4O2/c1-13(2)14-9-10-23-18(11-14)26-19-24-16-8-7-15(12-17(16)25-19)22-27-20(3,4)21(5,6)28-22/h7-13H,1-6H3,(H2,23,24,25,26). The molecule has 0 amide bonds. The minimum Gasteiger partial charge on any atom is -0.399 e. The summed E-state index contributed by atoms with van der Waals surface area (Å²) in [7, 11) is -0.390. The van der Waals surface area contributed by atoms with E-state index in [4.69, 9.17) is 9.31 Å². The predicted octanol–water partition coefficient (Wildman–Crippen LogP) is 4.12. The topological polar surface area (TPSA) is 72.1 Å². The number of hydrogen-bond acceptors (Lipinski definition) is 5. The summed E-state index contributed by atoms with van der Waals surface area (Å²) in [5.41, 5.74) is 3.29. The average molecular weight is 378 g/mol. The Balaban J connectivity index is 1.58.